The van der Waals surface area contributed by atoms with E-state index in [1.165, 1.54) is 23.9 Å². The highest BCUT2D eigenvalue weighted by Gasteiger charge is 2.30. The van der Waals surface area contributed by atoms with Crippen LogP contribution in [-0.4, -0.2) is 33.5 Å². The molecular formula is C16H20F3N5OS. The Morgan fingerprint density at radius 2 is 1.85 bits per heavy atom. The van der Waals surface area contributed by atoms with Gasteiger partial charge in [-0.25, -0.2) is 9.78 Å². The average molecular weight is 387 g/mol. The standard InChI is InChI=1S/C16H20F3N5OS/c1-15(2,3)12-22-14(24-23-12)26-9-8-20-13(25)21-11-6-4-10(5-7-11)16(17,18)19/h4-7H,8-9H2,1-3H3,(H2,20,21,25)(H,22,23,24). The van der Waals surface area contributed by atoms with Gasteiger partial charge in [0.15, 0.2) is 11.0 Å². The number of alkyl halides is 3. The molecule has 1 heterocycles. The van der Waals surface area contributed by atoms with Crippen LogP contribution in [0.5, 0.6) is 0 Å². The van der Waals surface area contributed by atoms with Gasteiger partial charge in [0.25, 0.3) is 0 Å². The first-order valence-corrected chi connectivity index (χ1v) is 8.82. The number of rotatable bonds is 5. The number of carbonyl (C=O) groups is 1. The van der Waals surface area contributed by atoms with Crippen molar-refractivity contribution in [3.8, 4) is 0 Å². The second-order valence-corrected chi connectivity index (χ2v) is 7.60. The van der Waals surface area contributed by atoms with E-state index in [1.54, 1.807) is 0 Å². The van der Waals surface area contributed by atoms with Crippen LogP contribution in [0.2, 0.25) is 0 Å². The third-order valence-corrected chi connectivity index (χ3v) is 4.10. The minimum atomic E-state index is -4.40. The van der Waals surface area contributed by atoms with Crippen molar-refractivity contribution < 1.29 is 18.0 Å². The predicted molar refractivity (Wildman–Crippen MR) is 94.3 cm³/mol. The van der Waals surface area contributed by atoms with Crippen molar-refractivity contribution in [3.63, 3.8) is 0 Å². The first kappa shape index (κ1) is 20.1. The van der Waals surface area contributed by atoms with Crippen LogP contribution in [0.1, 0.15) is 32.2 Å². The van der Waals surface area contributed by atoms with Crippen molar-refractivity contribution in [2.45, 2.75) is 37.5 Å². The molecule has 0 fully saturated rings. The summed E-state index contributed by atoms with van der Waals surface area (Å²) in [6.07, 6.45) is -4.40. The Hall–Kier alpha value is -2.23. The highest BCUT2D eigenvalue weighted by molar-refractivity contribution is 7.99. The van der Waals surface area contributed by atoms with Crippen molar-refractivity contribution in [2.24, 2.45) is 0 Å². The van der Waals surface area contributed by atoms with Gasteiger partial charge in [-0.05, 0) is 24.3 Å². The monoisotopic (exact) mass is 387 g/mol. The van der Waals surface area contributed by atoms with E-state index in [-0.39, 0.29) is 11.1 Å². The number of anilines is 1. The van der Waals surface area contributed by atoms with E-state index in [0.717, 1.165) is 12.1 Å². The fraction of sp³-hybridized carbons (Fsp3) is 0.438. The smallest absolute Gasteiger partial charge is 0.337 e. The maximum atomic E-state index is 12.5. The van der Waals surface area contributed by atoms with Crippen molar-refractivity contribution in [2.75, 3.05) is 17.6 Å². The fourth-order valence-electron chi connectivity index (χ4n) is 1.88. The molecule has 2 aromatic rings. The SMILES string of the molecule is CC(C)(C)c1n[nH]c(SCCNC(=O)Nc2ccc(C(F)(F)F)cc2)n1. The van der Waals surface area contributed by atoms with Crippen LogP contribution < -0.4 is 10.6 Å². The van der Waals surface area contributed by atoms with Gasteiger partial charge in [0, 0.05) is 23.4 Å². The molecule has 26 heavy (non-hydrogen) atoms. The van der Waals surface area contributed by atoms with Gasteiger partial charge >= 0.3 is 12.2 Å². The Labute approximate surface area is 153 Å². The number of amides is 2. The molecule has 1 aromatic heterocycles. The zero-order valence-corrected chi connectivity index (χ0v) is 15.4. The molecule has 0 aliphatic heterocycles. The summed E-state index contributed by atoms with van der Waals surface area (Å²) in [5.74, 6) is 1.28. The van der Waals surface area contributed by atoms with Crippen LogP contribution in [0.15, 0.2) is 29.4 Å². The van der Waals surface area contributed by atoms with E-state index in [2.05, 4.69) is 25.8 Å². The van der Waals surface area contributed by atoms with Crippen LogP contribution in [0.3, 0.4) is 0 Å². The van der Waals surface area contributed by atoms with Gasteiger partial charge in [0.1, 0.15) is 0 Å². The number of hydrogen-bond donors (Lipinski definition) is 3. The molecule has 2 amide bonds. The van der Waals surface area contributed by atoms with Crippen LogP contribution in [0, 0.1) is 0 Å². The summed E-state index contributed by atoms with van der Waals surface area (Å²) in [7, 11) is 0. The number of nitrogens with zero attached hydrogens (tertiary/aromatic N) is 2. The summed E-state index contributed by atoms with van der Waals surface area (Å²) in [5, 5.41) is 12.8. The molecule has 0 aliphatic rings. The van der Waals surface area contributed by atoms with E-state index in [4.69, 9.17) is 0 Å². The fourth-order valence-corrected chi connectivity index (χ4v) is 2.54. The summed E-state index contributed by atoms with van der Waals surface area (Å²) in [6, 6.07) is 3.77. The second kappa shape index (κ2) is 7.98. The highest BCUT2D eigenvalue weighted by Crippen LogP contribution is 2.29. The van der Waals surface area contributed by atoms with Gasteiger partial charge < -0.3 is 10.6 Å². The number of thioether (sulfide) groups is 1. The quantitative estimate of drug-likeness (QED) is 0.534. The van der Waals surface area contributed by atoms with Gasteiger partial charge in [-0.3, -0.25) is 5.10 Å². The first-order valence-electron chi connectivity index (χ1n) is 7.83. The molecule has 142 valence electrons. The molecule has 3 N–H and O–H groups in total. The topological polar surface area (TPSA) is 82.7 Å². The minimum absolute atomic E-state index is 0.144. The zero-order chi connectivity index (χ0) is 19.4. The number of benzene rings is 1. The van der Waals surface area contributed by atoms with E-state index >= 15 is 0 Å². The van der Waals surface area contributed by atoms with Gasteiger partial charge in [-0.1, -0.05) is 32.5 Å². The van der Waals surface area contributed by atoms with Gasteiger partial charge in [-0.15, -0.1) is 0 Å². The third kappa shape index (κ3) is 5.94. The summed E-state index contributed by atoms with van der Waals surface area (Å²) in [4.78, 5) is 16.1. The van der Waals surface area contributed by atoms with E-state index in [9.17, 15) is 18.0 Å². The Morgan fingerprint density at radius 3 is 2.38 bits per heavy atom. The number of carbonyl (C=O) groups excluding carboxylic acids is 1. The normalized spacial score (nSPS) is 12.1. The lowest BCUT2D eigenvalue weighted by atomic mass is 9.96. The first-order chi connectivity index (χ1) is 12.1. The minimum Gasteiger partial charge on any atom is -0.337 e. The molecule has 0 radical (unpaired) electrons. The number of H-pyrrole nitrogens is 1. The lowest BCUT2D eigenvalue weighted by molar-refractivity contribution is -0.137. The third-order valence-electron chi connectivity index (χ3n) is 3.23. The zero-order valence-electron chi connectivity index (χ0n) is 14.6. The van der Waals surface area contributed by atoms with Gasteiger partial charge in [-0.2, -0.15) is 18.3 Å². The molecule has 1 aromatic carbocycles. The summed E-state index contributed by atoms with van der Waals surface area (Å²) in [5.41, 5.74) is -0.621. The van der Waals surface area contributed by atoms with Crippen molar-refractivity contribution in [1.29, 1.82) is 0 Å². The molecule has 0 saturated heterocycles. The van der Waals surface area contributed by atoms with Crippen molar-refractivity contribution in [3.05, 3.63) is 35.7 Å². The molecule has 2 rings (SSSR count). The van der Waals surface area contributed by atoms with Gasteiger partial charge in [0.05, 0.1) is 5.56 Å². The van der Waals surface area contributed by atoms with Crippen molar-refractivity contribution >= 4 is 23.5 Å². The van der Waals surface area contributed by atoms with Crippen LogP contribution in [0.25, 0.3) is 0 Å². The maximum Gasteiger partial charge on any atom is 0.416 e. The summed E-state index contributed by atoms with van der Waals surface area (Å²) in [6.45, 7) is 6.40. The Bertz CT molecular complexity index is 738. The Balaban J connectivity index is 1.73. The van der Waals surface area contributed by atoms with E-state index in [0.29, 0.717) is 23.3 Å². The molecule has 0 unspecified atom stereocenters. The maximum absolute atomic E-state index is 12.5. The van der Waals surface area contributed by atoms with E-state index in [1.807, 2.05) is 20.8 Å². The number of halogens is 3. The van der Waals surface area contributed by atoms with E-state index < -0.39 is 17.8 Å². The number of nitrogens with one attached hydrogen (secondary N) is 3. The molecule has 0 aliphatic carbocycles. The lowest BCUT2D eigenvalue weighted by Crippen LogP contribution is -2.30. The molecule has 0 atom stereocenters. The van der Waals surface area contributed by atoms with Crippen LogP contribution >= 0.6 is 11.8 Å². The molecule has 0 saturated carbocycles. The number of urea groups is 1. The largest absolute Gasteiger partial charge is 0.416 e. The molecule has 6 nitrogen and oxygen atoms in total. The molecule has 10 heteroatoms. The highest BCUT2D eigenvalue weighted by atomic mass is 32.2. The molecular weight excluding hydrogens is 367 g/mol. The average Bonchev–Trinajstić information content (AvgIpc) is 3.00. The molecule has 0 bridgehead atoms. The Kier molecular flexibility index (Phi) is 6.17. The van der Waals surface area contributed by atoms with Crippen LogP contribution in [-0.2, 0) is 11.6 Å². The predicted octanol–water partition coefficient (Wildman–Crippen LogP) is 4.03. The number of hydrogen-bond acceptors (Lipinski definition) is 4. The Morgan fingerprint density at radius 1 is 1.19 bits per heavy atom. The van der Waals surface area contributed by atoms with Gasteiger partial charge in [0.2, 0.25) is 0 Å². The number of aromatic amines is 1. The lowest BCUT2D eigenvalue weighted by Gasteiger charge is -2.11. The molecule has 0 spiro atoms. The number of aromatic nitrogens is 3. The van der Waals surface area contributed by atoms with Crippen molar-refractivity contribution in [1.82, 2.24) is 20.5 Å². The summed E-state index contributed by atoms with van der Waals surface area (Å²) < 4.78 is 37.4. The summed E-state index contributed by atoms with van der Waals surface area (Å²) >= 11 is 1.41. The second-order valence-electron chi connectivity index (χ2n) is 6.52. The van der Waals surface area contributed by atoms with Crippen LogP contribution in [0.4, 0.5) is 23.7 Å².